The summed E-state index contributed by atoms with van der Waals surface area (Å²) in [6.45, 7) is 5.40. The van der Waals surface area contributed by atoms with Crippen molar-refractivity contribution in [2.45, 2.75) is 63.6 Å². The molecule has 2 saturated heterocycles. The molecule has 3 fully saturated rings. The van der Waals surface area contributed by atoms with E-state index in [0.717, 1.165) is 57.9 Å². The highest BCUT2D eigenvalue weighted by atomic mass is 16.6. The topological polar surface area (TPSA) is 38.8 Å². The predicted octanol–water partition coefficient (Wildman–Crippen LogP) is 3.50. The molecule has 1 spiro atoms. The number of aryl methyl sites for hydroxylation is 2. The number of hydrogen-bond donors (Lipinski definition) is 0. The second kappa shape index (κ2) is 7.69. The average molecular weight is 357 g/mol. The average Bonchev–Trinajstić information content (AvgIpc) is 3.41. The van der Waals surface area contributed by atoms with Crippen molar-refractivity contribution in [3.05, 3.63) is 35.4 Å². The lowest BCUT2D eigenvalue weighted by atomic mass is 9.87. The van der Waals surface area contributed by atoms with Gasteiger partial charge in [0, 0.05) is 32.5 Å². The summed E-state index contributed by atoms with van der Waals surface area (Å²) in [6, 6.07) is 8.34. The van der Waals surface area contributed by atoms with E-state index in [1.165, 1.54) is 24.0 Å². The predicted molar refractivity (Wildman–Crippen MR) is 101 cm³/mol. The summed E-state index contributed by atoms with van der Waals surface area (Å²) in [5.74, 6) is 1.09. The standard InChI is InChI=1S/C22H31NO3/c1-17-4-2-3-5-19(17)8-9-21(24)23-12-10-22(11-13-23)14-20(16-26-22)25-15-18-6-7-18/h2-5,18,20H,6-16H2,1H3/t20-/m1/s1. The molecule has 1 aromatic carbocycles. The van der Waals surface area contributed by atoms with E-state index in [2.05, 4.69) is 25.1 Å². The Morgan fingerprint density at radius 3 is 2.77 bits per heavy atom. The monoisotopic (exact) mass is 357 g/mol. The van der Waals surface area contributed by atoms with Crippen LogP contribution in [0.3, 0.4) is 0 Å². The molecule has 1 amide bonds. The molecule has 26 heavy (non-hydrogen) atoms. The van der Waals surface area contributed by atoms with Crippen molar-refractivity contribution in [1.82, 2.24) is 4.90 Å². The van der Waals surface area contributed by atoms with Gasteiger partial charge in [0.2, 0.25) is 5.91 Å². The third kappa shape index (κ3) is 4.29. The summed E-state index contributed by atoms with van der Waals surface area (Å²) in [7, 11) is 0. The second-order valence-electron chi connectivity index (χ2n) is 8.40. The maximum atomic E-state index is 12.6. The van der Waals surface area contributed by atoms with Crippen LogP contribution in [0.2, 0.25) is 0 Å². The number of piperidine rings is 1. The fourth-order valence-corrected chi connectivity index (χ4v) is 4.27. The van der Waals surface area contributed by atoms with Crippen LogP contribution in [0, 0.1) is 12.8 Å². The van der Waals surface area contributed by atoms with Gasteiger partial charge < -0.3 is 14.4 Å². The third-order valence-electron chi connectivity index (χ3n) is 6.34. The maximum absolute atomic E-state index is 12.6. The van der Waals surface area contributed by atoms with Crippen LogP contribution in [0.5, 0.6) is 0 Å². The molecule has 4 heteroatoms. The Morgan fingerprint density at radius 1 is 1.27 bits per heavy atom. The van der Waals surface area contributed by atoms with Crippen molar-refractivity contribution in [3.63, 3.8) is 0 Å². The SMILES string of the molecule is Cc1ccccc1CCC(=O)N1CCC2(CC1)C[C@@H](OCC1CC1)CO2. The third-order valence-corrected chi connectivity index (χ3v) is 6.34. The Morgan fingerprint density at radius 2 is 2.04 bits per heavy atom. The van der Waals surface area contributed by atoms with Crippen LogP contribution < -0.4 is 0 Å². The van der Waals surface area contributed by atoms with Gasteiger partial charge in [-0.05, 0) is 56.1 Å². The first-order valence-corrected chi connectivity index (χ1v) is 10.2. The van der Waals surface area contributed by atoms with Gasteiger partial charge in [-0.1, -0.05) is 24.3 Å². The van der Waals surface area contributed by atoms with Crippen LogP contribution in [0.25, 0.3) is 0 Å². The van der Waals surface area contributed by atoms with E-state index in [1.54, 1.807) is 0 Å². The van der Waals surface area contributed by atoms with Gasteiger partial charge in [0.15, 0.2) is 0 Å². The fraction of sp³-hybridized carbons (Fsp3) is 0.682. The van der Waals surface area contributed by atoms with Crippen LogP contribution in [-0.2, 0) is 20.7 Å². The van der Waals surface area contributed by atoms with Crippen LogP contribution in [0.1, 0.15) is 49.7 Å². The number of amides is 1. The van der Waals surface area contributed by atoms with Crippen LogP contribution >= 0.6 is 0 Å². The highest BCUT2D eigenvalue weighted by Crippen LogP contribution is 2.38. The number of rotatable bonds is 6. The maximum Gasteiger partial charge on any atom is 0.222 e. The van der Waals surface area contributed by atoms with Crippen molar-refractivity contribution in [2.24, 2.45) is 5.92 Å². The lowest BCUT2D eigenvalue weighted by Gasteiger charge is -2.38. The quantitative estimate of drug-likeness (QED) is 0.782. The van der Waals surface area contributed by atoms with E-state index < -0.39 is 0 Å². The van der Waals surface area contributed by atoms with Crippen molar-refractivity contribution < 1.29 is 14.3 Å². The first-order chi connectivity index (χ1) is 12.6. The van der Waals surface area contributed by atoms with Gasteiger partial charge in [-0.3, -0.25) is 4.79 Å². The molecule has 0 bridgehead atoms. The molecular formula is C22H31NO3. The molecule has 0 unspecified atom stereocenters. The first kappa shape index (κ1) is 18.0. The Balaban J connectivity index is 1.21. The molecular weight excluding hydrogens is 326 g/mol. The largest absolute Gasteiger partial charge is 0.375 e. The minimum Gasteiger partial charge on any atom is -0.375 e. The van der Waals surface area contributed by atoms with Crippen LogP contribution in [-0.4, -0.2) is 48.8 Å². The summed E-state index contributed by atoms with van der Waals surface area (Å²) >= 11 is 0. The normalized spacial score (nSPS) is 25.0. The zero-order chi connectivity index (χ0) is 18.0. The minimum absolute atomic E-state index is 0.0407. The Hall–Kier alpha value is -1.39. The number of nitrogens with zero attached hydrogens (tertiary/aromatic N) is 1. The van der Waals surface area contributed by atoms with Gasteiger partial charge in [-0.15, -0.1) is 0 Å². The molecule has 1 saturated carbocycles. The molecule has 1 aromatic rings. The van der Waals surface area contributed by atoms with Crippen molar-refractivity contribution in [2.75, 3.05) is 26.3 Å². The molecule has 2 aliphatic heterocycles. The number of hydrogen-bond acceptors (Lipinski definition) is 3. The van der Waals surface area contributed by atoms with Crippen molar-refractivity contribution in [1.29, 1.82) is 0 Å². The Kier molecular flexibility index (Phi) is 5.32. The zero-order valence-electron chi connectivity index (χ0n) is 15.9. The van der Waals surface area contributed by atoms with Crippen molar-refractivity contribution >= 4 is 5.91 Å². The number of benzene rings is 1. The number of carbonyl (C=O) groups is 1. The minimum atomic E-state index is -0.0407. The van der Waals surface area contributed by atoms with Gasteiger partial charge in [0.1, 0.15) is 0 Å². The molecule has 2 heterocycles. The molecule has 142 valence electrons. The smallest absolute Gasteiger partial charge is 0.222 e. The molecule has 3 aliphatic rings. The highest BCUT2D eigenvalue weighted by Gasteiger charge is 2.44. The fourth-order valence-electron chi connectivity index (χ4n) is 4.27. The summed E-state index contributed by atoms with van der Waals surface area (Å²) in [5, 5.41) is 0. The lowest BCUT2D eigenvalue weighted by molar-refractivity contribution is -0.135. The Labute approximate surface area is 156 Å². The van der Waals surface area contributed by atoms with Gasteiger partial charge in [0.05, 0.1) is 18.3 Å². The zero-order valence-corrected chi connectivity index (χ0v) is 15.9. The molecule has 0 aromatic heterocycles. The molecule has 1 aliphatic carbocycles. The van der Waals surface area contributed by atoms with Crippen molar-refractivity contribution in [3.8, 4) is 0 Å². The van der Waals surface area contributed by atoms with E-state index in [9.17, 15) is 4.79 Å². The number of likely N-dealkylation sites (tertiary alicyclic amines) is 1. The summed E-state index contributed by atoms with van der Waals surface area (Å²) < 4.78 is 12.2. The van der Waals surface area contributed by atoms with Gasteiger partial charge in [-0.25, -0.2) is 0 Å². The molecule has 0 N–H and O–H groups in total. The van der Waals surface area contributed by atoms with E-state index in [-0.39, 0.29) is 17.6 Å². The van der Waals surface area contributed by atoms with Crippen LogP contribution in [0.15, 0.2) is 24.3 Å². The van der Waals surface area contributed by atoms with Gasteiger partial charge in [0.25, 0.3) is 0 Å². The Bertz CT molecular complexity index is 632. The summed E-state index contributed by atoms with van der Waals surface area (Å²) in [4.78, 5) is 14.6. The highest BCUT2D eigenvalue weighted by molar-refractivity contribution is 5.76. The first-order valence-electron chi connectivity index (χ1n) is 10.2. The molecule has 4 rings (SSSR count). The van der Waals surface area contributed by atoms with E-state index >= 15 is 0 Å². The van der Waals surface area contributed by atoms with Gasteiger partial charge in [-0.2, -0.15) is 0 Å². The second-order valence-corrected chi connectivity index (χ2v) is 8.40. The number of ether oxygens (including phenoxy) is 2. The van der Waals surface area contributed by atoms with Gasteiger partial charge >= 0.3 is 0 Å². The molecule has 4 nitrogen and oxygen atoms in total. The van der Waals surface area contributed by atoms with E-state index in [0.29, 0.717) is 6.42 Å². The summed E-state index contributed by atoms with van der Waals surface area (Å²) in [6.07, 6.45) is 7.27. The number of carbonyl (C=O) groups excluding carboxylic acids is 1. The van der Waals surface area contributed by atoms with E-state index in [1.807, 2.05) is 11.0 Å². The van der Waals surface area contributed by atoms with Crippen LogP contribution in [0.4, 0.5) is 0 Å². The molecule has 0 radical (unpaired) electrons. The van der Waals surface area contributed by atoms with E-state index in [4.69, 9.17) is 9.47 Å². The lowest BCUT2D eigenvalue weighted by Crippen LogP contribution is -2.46. The molecule has 1 atom stereocenters. The summed E-state index contributed by atoms with van der Waals surface area (Å²) in [5.41, 5.74) is 2.51.